The molecular formula is C16H15N3O3S. The number of carbonyl (C=O) groups is 2. The van der Waals surface area contributed by atoms with Crippen molar-refractivity contribution < 1.29 is 14.3 Å². The summed E-state index contributed by atoms with van der Waals surface area (Å²) in [7, 11) is 0. The molecule has 2 rings (SSSR count). The van der Waals surface area contributed by atoms with E-state index in [0.29, 0.717) is 15.3 Å². The first kappa shape index (κ1) is 16.6. The van der Waals surface area contributed by atoms with E-state index in [1.807, 2.05) is 6.07 Å². The number of nitrogens with one attached hydrogen (secondary N) is 1. The molecule has 0 spiro atoms. The Labute approximate surface area is 137 Å². The summed E-state index contributed by atoms with van der Waals surface area (Å²) < 4.78 is 5.16. The normalized spacial score (nSPS) is 11.4. The monoisotopic (exact) mass is 329 g/mol. The summed E-state index contributed by atoms with van der Waals surface area (Å²) in [4.78, 5) is 28.7. The molecule has 6 nitrogen and oxygen atoms in total. The highest BCUT2D eigenvalue weighted by Gasteiger charge is 2.21. The van der Waals surface area contributed by atoms with Crippen LogP contribution >= 0.6 is 11.3 Å². The third kappa shape index (κ3) is 3.73. The van der Waals surface area contributed by atoms with Crippen molar-refractivity contribution in [1.82, 2.24) is 10.3 Å². The van der Waals surface area contributed by atoms with Crippen LogP contribution in [0, 0.1) is 25.2 Å². The number of ether oxygens (including phenoxy) is 1. The molecule has 7 heteroatoms. The van der Waals surface area contributed by atoms with Crippen LogP contribution in [0.2, 0.25) is 0 Å². The minimum Gasteiger partial charge on any atom is -0.441 e. The van der Waals surface area contributed by atoms with Gasteiger partial charge in [0, 0.05) is 18.0 Å². The van der Waals surface area contributed by atoms with Gasteiger partial charge in [0.05, 0.1) is 4.88 Å². The van der Waals surface area contributed by atoms with Crippen molar-refractivity contribution in [3.8, 4) is 6.07 Å². The maximum absolute atomic E-state index is 12.2. The number of nitriles is 1. The summed E-state index contributed by atoms with van der Waals surface area (Å²) in [5, 5.41) is 11.2. The molecular weight excluding hydrogens is 314 g/mol. The Bertz CT molecular complexity index is 778. The lowest BCUT2D eigenvalue weighted by Crippen LogP contribution is -2.31. The molecule has 0 aromatic carbocycles. The average molecular weight is 329 g/mol. The molecule has 2 aromatic rings. The number of nitrogens with zero attached hydrogens (tertiary/aromatic N) is 2. The van der Waals surface area contributed by atoms with Gasteiger partial charge < -0.3 is 4.74 Å². The highest BCUT2D eigenvalue weighted by molar-refractivity contribution is 7.15. The van der Waals surface area contributed by atoms with E-state index in [1.165, 1.54) is 0 Å². The van der Waals surface area contributed by atoms with Gasteiger partial charge in [0.2, 0.25) is 0 Å². The molecule has 2 amide bonds. The largest absolute Gasteiger partial charge is 0.441 e. The fourth-order valence-electron chi connectivity index (χ4n) is 1.94. The van der Waals surface area contributed by atoms with Crippen LogP contribution in [0.3, 0.4) is 0 Å². The van der Waals surface area contributed by atoms with Crippen molar-refractivity contribution in [3.63, 3.8) is 0 Å². The van der Waals surface area contributed by atoms with Crippen molar-refractivity contribution in [1.29, 1.82) is 5.26 Å². The summed E-state index contributed by atoms with van der Waals surface area (Å²) in [5.74, 6) is -0.569. The molecule has 0 fully saturated rings. The molecule has 0 aliphatic rings. The van der Waals surface area contributed by atoms with E-state index < -0.39 is 18.1 Å². The molecule has 2 aromatic heterocycles. The quantitative estimate of drug-likeness (QED) is 0.933. The van der Waals surface area contributed by atoms with Crippen LogP contribution in [0.5, 0.6) is 0 Å². The molecule has 1 atom stereocenters. The van der Waals surface area contributed by atoms with Gasteiger partial charge in [-0.05, 0) is 38.0 Å². The van der Waals surface area contributed by atoms with E-state index in [4.69, 9.17) is 10.00 Å². The summed E-state index contributed by atoms with van der Waals surface area (Å²) >= 11 is 1.06. The molecule has 0 radical (unpaired) electrons. The predicted octanol–water partition coefficient (Wildman–Crippen LogP) is 3.26. The van der Waals surface area contributed by atoms with Crippen molar-refractivity contribution in [2.24, 2.45) is 0 Å². The van der Waals surface area contributed by atoms with E-state index in [0.717, 1.165) is 22.5 Å². The lowest BCUT2D eigenvalue weighted by atomic mass is 10.1. The van der Waals surface area contributed by atoms with Crippen LogP contribution in [0.25, 0.3) is 0 Å². The van der Waals surface area contributed by atoms with E-state index >= 15 is 0 Å². The Balaban J connectivity index is 2.03. The summed E-state index contributed by atoms with van der Waals surface area (Å²) in [5.41, 5.74) is 2.17. The predicted molar refractivity (Wildman–Crippen MR) is 85.1 cm³/mol. The van der Waals surface area contributed by atoms with Gasteiger partial charge in [0.25, 0.3) is 5.91 Å². The summed E-state index contributed by atoms with van der Waals surface area (Å²) in [6, 6.07) is 5.55. The molecule has 0 saturated carbocycles. The number of aromatic nitrogens is 1. The zero-order chi connectivity index (χ0) is 17.0. The number of thiophene rings is 1. The Morgan fingerprint density at radius 1 is 1.39 bits per heavy atom. The number of pyridine rings is 1. The molecule has 2 heterocycles. The van der Waals surface area contributed by atoms with Crippen LogP contribution < -0.4 is 5.32 Å². The smallest absolute Gasteiger partial charge is 0.414 e. The molecule has 118 valence electrons. The highest BCUT2D eigenvalue weighted by atomic mass is 32.1. The number of amides is 2. The molecule has 1 unspecified atom stereocenters. The summed E-state index contributed by atoms with van der Waals surface area (Å²) in [6.45, 7) is 5.20. The van der Waals surface area contributed by atoms with E-state index in [-0.39, 0.29) is 0 Å². The van der Waals surface area contributed by atoms with E-state index in [2.05, 4.69) is 10.3 Å². The van der Waals surface area contributed by atoms with Gasteiger partial charge in [-0.2, -0.15) is 5.26 Å². The topological polar surface area (TPSA) is 92.1 Å². The van der Waals surface area contributed by atoms with Gasteiger partial charge in [0.1, 0.15) is 17.1 Å². The molecule has 0 saturated heterocycles. The number of rotatable bonds is 3. The van der Waals surface area contributed by atoms with Crippen LogP contribution in [0.4, 0.5) is 4.79 Å². The Morgan fingerprint density at radius 2 is 2.13 bits per heavy atom. The van der Waals surface area contributed by atoms with Gasteiger partial charge in [0.15, 0.2) is 0 Å². The van der Waals surface area contributed by atoms with Gasteiger partial charge in [-0.25, -0.2) is 4.79 Å². The van der Waals surface area contributed by atoms with Crippen molar-refractivity contribution in [3.05, 3.63) is 51.0 Å². The fourth-order valence-corrected chi connectivity index (χ4v) is 2.95. The first-order valence-corrected chi connectivity index (χ1v) is 7.67. The van der Waals surface area contributed by atoms with Gasteiger partial charge in [-0.15, -0.1) is 11.3 Å². The zero-order valence-corrected chi connectivity index (χ0v) is 13.7. The SMILES string of the molecule is Cc1c(C#N)sc(C(=O)NC(=O)OC(C)c2cccnc2)c1C. The maximum Gasteiger partial charge on any atom is 0.414 e. The van der Waals surface area contributed by atoms with Gasteiger partial charge in [-0.3, -0.25) is 15.1 Å². The van der Waals surface area contributed by atoms with Crippen LogP contribution in [-0.2, 0) is 4.74 Å². The molecule has 0 aliphatic carbocycles. The fraction of sp³-hybridized carbons (Fsp3) is 0.250. The molecule has 1 N–H and O–H groups in total. The Kier molecular flexibility index (Phi) is 5.09. The first-order valence-electron chi connectivity index (χ1n) is 6.86. The molecule has 23 heavy (non-hydrogen) atoms. The van der Waals surface area contributed by atoms with E-state index in [1.54, 1.807) is 45.3 Å². The zero-order valence-electron chi connectivity index (χ0n) is 12.9. The maximum atomic E-state index is 12.2. The third-order valence-electron chi connectivity index (χ3n) is 3.41. The molecule has 0 bridgehead atoms. The number of carbonyl (C=O) groups excluding carboxylic acids is 2. The number of alkyl carbamates (subject to hydrolysis) is 1. The molecule has 0 aliphatic heterocycles. The summed E-state index contributed by atoms with van der Waals surface area (Å²) in [6.07, 6.45) is 1.84. The highest BCUT2D eigenvalue weighted by Crippen LogP contribution is 2.26. The van der Waals surface area contributed by atoms with Gasteiger partial charge >= 0.3 is 6.09 Å². The van der Waals surface area contributed by atoms with Crippen molar-refractivity contribution >= 4 is 23.3 Å². The second-order valence-electron chi connectivity index (χ2n) is 4.91. The second kappa shape index (κ2) is 7.03. The minimum atomic E-state index is -0.838. The second-order valence-corrected chi connectivity index (χ2v) is 5.93. The number of hydrogen-bond donors (Lipinski definition) is 1. The van der Waals surface area contributed by atoms with Crippen LogP contribution in [0.15, 0.2) is 24.5 Å². The lowest BCUT2D eigenvalue weighted by Gasteiger charge is -2.13. The van der Waals surface area contributed by atoms with E-state index in [9.17, 15) is 9.59 Å². The van der Waals surface area contributed by atoms with Crippen LogP contribution in [-0.4, -0.2) is 17.0 Å². The lowest BCUT2D eigenvalue weighted by molar-refractivity contribution is 0.0855. The van der Waals surface area contributed by atoms with Crippen molar-refractivity contribution in [2.45, 2.75) is 26.9 Å². The number of hydrogen-bond acceptors (Lipinski definition) is 6. The first-order chi connectivity index (χ1) is 10.9. The van der Waals surface area contributed by atoms with Gasteiger partial charge in [-0.1, -0.05) is 6.07 Å². The number of imide groups is 1. The van der Waals surface area contributed by atoms with Crippen molar-refractivity contribution in [2.75, 3.05) is 0 Å². The standard InChI is InChI=1S/C16H15N3O3S/c1-9-10(2)14(23-13(9)7-17)15(20)19-16(21)22-11(3)12-5-4-6-18-8-12/h4-6,8,11H,1-3H3,(H,19,20,21). The third-order valence-corrected chi connectivity index (χ3v) is 4.71. The van der Waals surface area contributed by atoms with Crippen LogP contribution in [0.1, 0.15) is 44.3 Å². The Hall–Kier alpha value is -2.72. The Morgan fingerprint density at radius 3 is 2.70 bits per heavy atom. The average Bonchev–Trinajstić information content (AvgIpc) is 2.83. The minimum absolute atomic E-state index is 0.338.